The molecule has 1 amide bonds. The van der Waals surface area contributed by atoms with Crippen molar-refractivity contribution < 1.29 is 23.1 Å². The number of aromatic nitrogens is 3. The smallest absolute Gasteiger partial charge is 0.242 e. The third-order valence-corrected chi connectivity index (χ3v) is 8.11. The minimum absolute atomic E-state index is 0.0423. The Labute approximate surface area is 205 Å². The highest BCUT2D eigenvalue weighted by molar-refractivity contribution is 7.89. The van der Waals surface area contributed by atoms with Gasteiger partial charge in [0.1, 0.15) is 0 Å². The highest BCUT2D eigenvalue weighted by Crippen LogP contribution is 2.21. The van der Waals surface area contributed by atoms with Gasteiger partial charge in [0.2, 0.25) is 15.9 Å². The minimum Gasteiger partial charge on any atom is -0.394 e. The topological polar surface area (TPSA) is 142 Å². The molecule has 0 saturated carbocycles. The molecule has 0 saturated heterocycles. The Balaban J connectivity index is 1.86. The molecule has 2 aromatic rings. The number of nitrogens with zero attached hydrogens (tertiary/aromatic N) is 6. The Kier molecular flexibility index (Phi) is 8.96. The van der Waals surface area contributed by atoms with E-state index in [-0.39, 0.29) is 42.5 Å². The summed E-state index contributed by atoms with van der Waals surface area (Å²) in [4.78, 5) is 14.7. The van der Waals surface area contributed by atoms with E-state index in [9.17, 15) is 18.3 Å². The number of hydrogen-bond acceptors (Lipinski definition) is 8. The number of carbonyl (C=O) groups excluding carboxylic acids is 1. The minimum atomic E-state index is -3.84. The van der Waals surface area contributed by atoms with E-state index in [0.717, 1.165) is 5.69 Å². The molecule has 12 heteroatoms. The van der Waals surface area contributed by atoms with Crippen molar-refractivity contribution in [3.05, 3.63) is 41.7 Å². The zero-order valence-electron chi connectivity index (χ0n) is 20.2. The molecule has 1 aromatic carbocycles. The van der Waals surface area contributed by atoms with Gasteiger partial charge in [-0.1, -0.05) is 12.1 Å². The van der Waals surface area contributed by atoms with Crippen molar-refractivity contribution in [1.29, 1.82) is 5.26 Å². The van der Waals surface area contributed by atoms with Crippen LogP contribution in [0.2, 0.25) is 0 Å². The van der Waals surface area contributed by atoms with Crippen molar-refractivity contribution in [3.8, 4) is 6.07 Å². The fourth-order valence-electron chi connectivity index (χ4n) is 3.98. The second-order valence-electron chi connectivity index (χ2n) is 8.88. The van der Waals surface area contributed by atoms with Crippen molar-refractivity contribution in [2.24, 2.45) is 5.92 Å². The van der Waals surface area contributed by atoms with E-state index in [0.29, 0.717) is 31.5 Å². The summed E-state index contributed by atoms with van der Waals surface area (Å²) in [6.45, 7) is 4.55. The van der Waals surface area contributed by atoms with Crippen LogP contribution in [-0.2, 0) is 32.7 Å². The summed E-state index contributed by atoms with van der Waals surface area (Å²) in [7, 11) is -2.36. The summed E-state index contributed by atoms with van der Waals surface area (Å²) in [5.41, 5.74) is 1.12. The van der Waals surface area contributed by atoms with E-state index in [2.05, 4.69) is 10.3 Å². The fourth-order valence-corrected chi connectivity index (χ4v) is 5.16. The number of ether oxygens (including phenoxy) is 1. The van der Waals surface area contributed by atoms with Gasteiger partial charge in [0, 0.05) is 39.0 Å². The van der Waals surface area contributed by atoms with Crippen LogP contribution in [-0.4, -0.2) is 82.5 Å². The van der Waals surface area contributed by atoms with Gasteiger partial charge in [0.15, 0.2) is 0 Å². The molecule has 3 rings (SSSR count). The molecule has 1 aromatic heterocycles. The summed E-state index contributed by atoms with van der Waals surface area (Å²) in [6.07, 6.45) is 1.92. The van der Waals surface area contributed by atoms with Gasteiger partial charge in [0.05, 0.1) is 53.8 Å². The van der Waals surface area contributed by atoms with Crippen LogP contribution >= 0.6 is 0 Å². The van der Waals surface area contributed by atoms with Gasteiger partial charge in [0.25, 0.3) is 0 Å². The van der Waals surface area contributed by atoms with Crippen LogP contribution in [0.5, 0.6) is 0 Å². The van der Waals surface area contributed by atoms with E-state index < -0.39 is 16.1 Å². The first-order valence-corrected chi connectivity index (χ1v) is 13.0. The van der Waals surface area contributed by atoms with Gasteiger partial charge < -0.3 is 14.7 Å². The summed E-state index contributed by atoms with van der Waals surface area (Å²) in [5, 5.41) is 26.7. The maximum Gasteiger partial charge on any atom is 0.242 e. The standard InChI is InChI=1S/C23H32N6O5S/c1-17-13-28(18(2)15-30)23(31)5-4-10-29-20(12-25-26-29)16-34-22(17)14-27(3)35(32,33)21-8-6-19(11-24)7-9-21/h6-9,12,17-18,22,30H,4-5,10,13-16H2,1-3H3/t17-,18-,22+/m1/s1. The van der Waals surface area contributed by atoms with Crippen molar-refractivity contribution >= 4 is 15.9 Å². The van der Waals surface area contributed by atoms with Crippen LogP contribution in [0.3, 0.4) is 0 Å². The number of sulfonamides is 1. The van der Waals surface area contributed by atoms with E-state index in [1.54, 1.807) is 22.7 Å². The molecule has 0 spiro atoms. The Morgan fingerprint density at radius 1 is 1.34 bits per heavy atom. The molecule has 0 unspecified atom stereocenters. The van der Waals surface area contributed by atoms with Gasteiger partial charge in [-0.3, -0.25) is 4.79 Å². The summed E-state index contributed by atoms with van der Waals surface area (Å²) < 4.78 is 35.5. The number of nitriles is 1. The number of benzene rings is 1. The Morgan fingerprint density at radius 3 is 2.71 bits per heavy atom. The number of carbonyl (C=O) groups is 1. The number of amides is 1. The second-order valence-corrected chi connectivity index (χ2v) is 10.9. The SMILES string of the molecule is C[C@@H]1CN([C@H](C)CO)C(=O)CCCn2nncc2CO[C@H]1CN(C)S(=O)(=O)c1ccc(C#N)cc1. The first-order chi connectivity index (χ1) is 16.7. The molecule has 0 bridgehead atoms. The average Bonchev–Trinajstić information content (AvgIpc) is 3.30. The second kappa shape index (κ2) is 11.7. The van der Waals surface area contributed by atoms with Crippen LogP contribution < -0.4 is 0 Å². The van der Waals surface area contributed by atoms with Crippen LogP contribution in [0.1, 0.15) is 37.9 Å². The first kappa shape index (κ1) is 26.7. The number of likely N-dealkylation sites (N-methyl/N-ethyl adjacent to an activating group) is 1. The zero-order valence-corrected chi connectivity index (χ0v) is 21.1. The lowest BCUT2D eigenvalue weighted by atomic mass is 10.0. The summed E-state index contributed by atoms with van der Waals surface area (Å²) in [5.74, 6) is -0.326. The third kappa shape index (κ3) is 6.43. The van der Waals surface area contributed by atoms with E-state index in [1.165, 1.54) is 35.6 Å². The molecule has 1 aliphatic rings. The monoisotopic (exact) mass is 504 g/mol. The highest BCUT2D eigenvalue weighted by Gasteiger charge is 2.31. The molecule has 1 N–H and O–H groups in total. The van der Waals surface area contributed by atoms with E-state index >= 15 is 0 Å². The molecule has 190 valence electrons. The molecule has 0 radical (unpaired) electrons. The summed E-state index contributed by atoms with van der Waals surface area (Å²) >= 11 is 0. The molecular weight excluding hydrogens is 472 g/mol. The van der Waals surface area contributed by atoms with Gasteiger partial charge in [-0.2, -0.15) is 9.57 Å². The lowest BCUT2D eigenvalue weighted by molar-refractivity contribution is -0.136. The fraction of sp³-hybridized carbons (Fsp3) is 0.565. The number of aryl methyl sites for hydroxylation is 1. The van der Waals surface area contributed by atoms with Crippen LogP contribution in [0.4, 0.5) is 0 Å². The van der Waals surface area contributed by atoms with Crippen molar-refractivity contribution in [2.45, 2.75) is 56.9 Å². The lowest BCUT2D eigenvalue weighted by Gasteiger charge is -2.35. The molecule has 11 nitrogen and oxygen atoms in total. The Morgan fingerprint density at radius 2 is 2.06 bits per heavy atom. The molecule has 1 aliphatic heterocycles. The normalized spacial score (nSPS) is 21.0. The maximum atomic E-state index is 13.2. The highest BCUT2D eigenvalue weighted by atomic mass is 32.2. The summed E-state index contributed by atoms with van der Waals surface area (Å²) in [6, 6.07) is 7.33. The molecular formula is C23H32N6O5S. The zero-order chi connectivity index (χ0) is 25.6. The van der Waals surface area contributed by atoms with E-state index in [1.807, 2.05) is 13.0 Å². The number of aliphatic hydroxyl groups is 1. The number of rotatable bonds is 6. The molecule has 0 aliphatic carbocycles. The van der Waals surface area contributed by atoms with E-state index in [4.69, 9.17) is 10.00 Å². The van der Waals surface area contributed by atoms with Gasteiger partial charge in [-0.15, -0.1) is 5.10 Å². The third-order valence-electron chi connectivity index (χ3n) is 6.27. The lowest BCUT2D eigenvalue weighted by Crippen LogP contribution is -2.47. The van der Waals surface area contributed by atoms with Gasteiger partial charge in [-0.05, 0) is 37.6 Å². The van der Waals surface area contributed by atoms with Crippen molar-refractivity contribution in [3.63, 3.8) is 0 Å². The maximum absolute atomic E-state index is 13.2. The molecule has 2 heterocycles. The Hall–Kier alpha value is -2.85. The number of hydrogen-bond donors (Lipinski definition) is 1. The van der Waals surface area contributed by atoms with Crippen molar-refractivity contribution in [1.82, 2.24) is 24.2 Å². The number of fused-ring (bicyclic) bond motifs is 1. The predicted molar refractivity (Wildman–Crippen MR) is 126 cm³/mol. The Bertz CT molecular complexity index is 1140. The number of aliphatic hydroxyl groups excluding tert-OH is 1. The van der Waals surface area contributed by atoms with Crippen LogP contribution in [0.15, 0.2) is 35.4 Å². The molecule has 3 atom stereocenters. The largest absolute Gasteiger partial charge is 0.394 e. The quantitative estimate of drug-likeness (QED) is 0.614. The average molecular weight is 505 g/mol. The van der Waals surface area contributed by atoms with Gasteiger partial charge in [-0.25, -0.2) is 13.1 Å². The molecule has 0 fully saturated rings. The predicted octanol–water partition coefficient (Wildman–Crippen LogP) is 0.995. The first-order valence-electron chi connectivity index (χ1n) is 11.5. The van der Waals surface area contributed by atoms with Gasteiger partial charge >= 0.3 is 0 Å². The van der Waals surface area contributed by atoms with Crippen LogP contribution in [0.25, 0.3) is 0 Å². The molecule has 35 heavy (non-hydrogen) atoms. The van der Waals surface area contributed by atoms with Crippen molar-refractivity contribution in [2.75, 3.05) is 26.7 Å². The van der Waals surface area contributed by atoms with Crippen LogP contribution in [0, 0.1) is 17.2 Å².